The zero-order valence-corrected chi connectivity index (χ0v) is 17.0. The minimum Gasteiger partial charge on any atom is -0.492 e. The molecule has 1 N–H and O–H groups in total. The van der Waals surface area contributed by atoms with Crippen LogP contribution >= 0.6 is 11.6 Å². The van der Waals surface area contributed by atoms with Crippen molar-refractivity contribution in [3.8, 4) is 5.75 Å². The molecule has 11 heteroatoms. The molecule has 0 radical (unpaired) electrons. The van der Waals surface area contributed by atoms with Crippen LogP contribution < -0.4 is 14.4 Å². The van der Waals surface area contributed by atoms with Crippen LogP contribution in [-0.4, -0.2) is 33.7 Å². The Balaban J connectivity index is 2.35. The molecule has 1 amide bonds. The van der Waals surface area contributed by atoms with Gasteiger partial charge in [0, 0.05) is 0 Å². The van der Waals surface area contributed by atoms with Crippen LogP contribution in [-0.2, 0) is 21.0 Å². The van der Waals surface area contributed by atoms with Gasteiger partial charge in [-0.3, -0.25) is 9.10 Å². The molecule has 0 aromatic heterocycles. The monoisotopic (exact) mass is 450 g/mol. The first-order valence-electron chi connectivity index (χ1n) is 8.29. The highest BCUT2D eigenvalue weighted by molar-refractivity contribution is 7.92. The van der Waals surface area contributed by atoms with Crippen molar-refractivity contribution in [2.45, 2.75) is 13.1 Å². The van der Waals surface area contributed by atoms with Gasteiger partial charge in [0.2, 0.25) is 15.9 Å². The van der Waals surface area contributed by atoms with Gasteiger partial charge in [-0.15, -0.1) is 0 Å². The summed E-state index contributed by atoms with van der Waals surface area (Å²) in [5.41, 5.74) is -1.24. The molecule has 0 unspecified atom stereocenters. The molecule has 2 rings (SSSR count). The summed E-state index contributed by atoms with van der Waals surface area (Å²) in [5, 5.41) is 2.25. The van der Waals surface area contributed by atoms with Crippen LogP contribution in [0, 0.1) is 0 Å². The Morgan fingerprint density at radius 2 is 1.86 bits per heavy atom. The summed E-state index contributed by atoms with van der Waals surface area (Å²) in [6.07, 6.45) is -3.94. The molecule has 0 saturated heterocycles. The van der Waals surface area contributed by atoms with Gasteiger partial charge in [0.15, 0.2) is 0 Å². The number of benzene rings is 2. The molecule has 0 aliphatic heterocycles. The minimum absolute atomic E-state index is 0.244. The van der Waals surface area contributed by atoms with Gasteiger partial charge in [0.1, 0.15) is 12.3 Å². The van der Waals surface area contributed by atoms with Crippen LogP contribution in [0.25, 0.3) is 0 Å². The van der Waals surface area contributed by atoms with E-state index < -0.39 is 39.9 Å². The highest BCUT2D eigenvalue weighted by atomic mass is 35.5. The second-order valence-corrected chi connectivity index (χ2v) is 8.22. The number of nitrogens with one attached hydrogen (secondary N) is 1. The van der Waals surface area contributed by atoms with Gasteiger partial charge in [0.05, 0.1) is 34.8 Å². The van der Waals surface area contributed by atoms with E-state index in [2.05, 4.69) is 5.32 Å². The highest BCUT2D eigenvalue weighted by Crippen LogP contribution is 2.36. The summed E-state index contributed by atoms with van der Waals surface area (Å²) in [4.78, 5) is 12.5. The lowest BCUT2D eigenvalue weighted by Crippen LogP contribution is -2.37. The number of alkyl halides is 3. The van der Waals surface area contributed by atoms with Crippen LogP contribution in [0.2, 0.25) is 5.02 Å². The predicted molar refractivity (Wildman–Crippen MR) is 105 cm³/mol. The predicted octanol–water partition coefficient (Wildman–Crippen LogP) is 4.16. The molecule has 0 heterocycles. The third-order valence-corrected chi connectivity index (χ3v) is 5.14. The maximum atomic E-state index is 13.0. The van der Waals surface area contributed by atoms with E-state index in [0.717, 1.165) is 18.4 Å². The third kappa shape index (κ3) is 6.01. The fraction of sp³-hybridized carbons (Fsp3) is 0.278. The molecule has 0 bridgehead atoms. The quantitative estimate of drug-likeness (QED) is 0.687. The Labute approximate surface area is 171 Å². The van der Waals surface area contributed by atoms with Crippen molar-refractivity contribution in [1.82, 2.24) is 0 Å². The summed E-state index contributed by atoms with van der Waals surface area (Å²) >= 11 is 5.93. The molecule has 29 heavy (non-hydrogen) atoms. The van der Waals surface area contributed by atoms with E-state index in [-0.39, 0.29) is 5.02 Å². The number of hydrogen-bond donors (Lipinski definition) is 1. The van der Waals surface area contributed by atoms with Gasteiger partial charge in [-0.25, -0.2) is 8.42 Å². The van der Waals surface area contributed by atoms with Crippen molar-refractivity contribution >= 4 is 38.9 Å². The molecule has 0 fully saturated rings. The lowest BCUT2D eigenvalue weighted by molar-refractivity contribution is -0.137. The highest BCUT2D eigenvalue weighted by Gasteiger charge is 2.33. The number of sulfonamides is 1. The average Bonchev–Trinajstić information content (AvgIpc) is 2.60. The largest absolute Gasteiger partial charge is 0.492 e. The van der Waals surface area contributed by atoms with E-state index in [1.165, 1.54) is 0 Å². The summed E-state index contributed by atoms with van der Waals surface area (Å²) in [6, 6.07) is 8.72. The lowest BCUT2D eigenvalue weighted by Gasteiger charge is -2.24. The normalized spacial score (nSPS) is 11.8. The maximum Gasteiger partial charge on any atom is 0.416 e. The van der Waals surface area contributed by atoms with Crippen LogP contribution in [0.4, 0.5) is 24.5 Å². The molecular weight excluding hydrogens is 433 g/mol. The molecule has 6 nitrogen and oxygen atoms in total. The summed E-state index contributed by atoms with van der Waals surface area (Å²) < 4.78 is 69.3. The number of anilines is 2. The van der Waals surface area contributed by atoms with E-state index in [1.54, 1.807) is 31.2 Å². The van der Waals surface area contributed by atoms with Crippen LogP contribution in [0.15, 0.2) is 42.5 Å². The standard InChI is InChI=1S/C18H18ClF3N2O4S/c1-3-28-16-7-5-4-6-14(16)23-17(25)11-24(29(2,26)27)15-10-12(18(20,21)22)8-9-13(15)19/h4-10H,3,11H2,1-2H3,(H,23,25). The van der Waals surface area contributed by atoms with E-state index in [9.17, 15) is 26.4 Å². The van der Waals surface area contributed by atoms with Gasteiger partial charge in [-0.05, 0) is 37.3 Å². The van der Waals surface area contributed by atoms with Crippen molar-refractivity contribution in [1.29, 1.82) is 0 Å². The number of halogens is 4. The van der Waals surface area contributed by atoms with Crippen molar-refractivity contribution in [3.05, 3.63) is 53.1 Å². The first-order valence-corrected chi connectivity index (χ1v) is 10.5. The molecule has 158 valence electrons. The molecule has 0 aliphatic carbocycles. The van der Waals surface area contributed by atoms with Crippen LogP contribution in [0.5, 0.6) is 5.75 Å². The summed E-state index contributed by atoms with van der Waals surface area (Å²) in [5.74, 6) is -0.414. The maximum absolute atomic E-state index is 13.0. The summed E-state index contributed by atoms with van der Waals surface area (Å²) in [6.45, 7) is 1.31. The molecule has 0 aliphatic rings. The number of carbonyl (C=O) groups is 1. The Kier molecular flexibility index (Phi) is 7.02. The zero-order chi connectivity index (χ0) is 21.8. The zero-order valence-electron chi connectivity index (χ0n) is 15.5. The molecule has 0 saturated carbocycles. The molecule has 2 aromatic rings. The number of rotatable bonds is 7. The Bertz CT molecular complexity index is 997. The number of para-hydroxylation sites is 2. The smallest absolute Gasteiger partial charge is 0.416 e. The number of amides is 1. The number of ether oxygens (including phenoxy) is 1. The van der Waals surface area contributed by atoms with Gasteiger partial charge >= 0.3 is 6.18 Å². The second kappa shape index (κ2) is 8.91. The topological polar surface area (TPSA) is 75.7 Å². The number of hydrogen-bond acceptors (Lipinski definition) is 4. The van der Waals surface area contributed by atoms with Gasteiger partial charge < -0.3 is 10.1 Å². The average molecular weight is 451 g/mol. The molecule has 2 aromatic carbocycles. The molecule has 0 spiro atoms. The van der Waals surface area contributed by atoms with Crippen molar-refractivity contribution in [2.75, 3.05) is 29.0 Å². The van der Waals surface area contributed by atoms with Gasteiger partial charge in [-0.2, -0.15) is 13.2 Å². The number of nitrogens with zero attached hydrogens (tertiary/aromatic N) is 1. The Hall–Kier alpha value is -2.46. The minimum atomic E-state index is -4.71. The summed E-state index contributed by atoms with van der Waals surface area (Å²) in [7, 11) is -4.12. The second-order valence-electron chi connectivity index (χ2n) is 5.91. The first kappa shape index (κ1) is 22.8. The first-order chi connectivity index (χ1) is 13.4. The Morgan fingerprint density at radius 3 is 2.45 bits per heavy atom. The fourth-order valence-corrected chi connectivity index (χ4v) is 3.56. The number of carbonyl (C=O) groups excluding carboxylic acids is 1. The van der Waals surface area contributed by atoms with Crippen molar-refractivity contribution in [2.24, 2.45) is 0 Å². The van der Waals surface area contributed by atoms with Crippen molar-refractivity contribution < 1.29 is 31.1 Å². The fourth-order valence-electron chi connectivity index (χ4n) is 2.43. The van der Waals surface area contributed by atoms with Gasteiger partial charge in [0.25, 0.3) is 0 Å². The van der Waals surface area contributed by atoms with Gasteiger partial charge in [-0.1, -0.05) is 23.7 Å². The van der Waals surface area contributed by atoms with Crippen molar-refractivity contribution in [3.63, 3.8) is 0 Å². The third-order valence-electron chi connectivity index (χ3n) is 3.69. The van der Waals surface area contributed by atoms with E-state index in [0.29, 0.717) is 28.4 Å². The molecule has 0 atom stereocenters. The van der Waals surface area contributed by atoms with E-state index in [1.807, 2.05) is 0 Å². The lowest BCUT2D eigenvalue weighted by atomic mass is 10.2. The SMILES string of the molecule is CCOc1ccccc1NC(=O)CN(c1cc(C(F)(F)F)ccc1Cl)S(C)(=O)=O. The van der Waals surface area contributed by atoms with Crippen LogP contribution in [0.3, 0.4) is 0 Å². The molecular formula is C18H18ClF3N2O4S. The van der Waals surface area contributed by atoms with E-state index >= 15 is 0 Å². The Morgan fingerprint density at radius 1 is 1.21 bits per heavy atom. The van der Waals surface area contributed by atoms with E-state index in [4.69, 9.17) is 16.3 Å². The van der Waals surface area contributed by atoms with Crippen LogP contribution in [0.1, 0.15) is 12.5 Å².